The highest BCUT2D eigenvalue weighted by Gasteiger charge is 2.41. The van der Waals surface area contributed by atoms with Gasteiger partial charge in [-0.25, -0.2) is 0 Å². The average Bonchev–Trinajstić information content (AvgIpc) is 3.02. The maximum atomic E-state index is 12.1. The molecule has 1 aromatic rings. The molecule has 138 valence electrons. The summed E-state index contributed by atoms with van der Waals surface area (Å²) in [5, 5.41) is 0. The molecule has 0 radical (unpaired) electrons. The molecule has 25 heavy (non-hydrogen) atoms. The van der Waals surface area contributed by atoms with Crippen LogP contribution in [0.3, 0.4) is 0 Å². The van der Waals surface area contributed by atoms with Gasteiger partial charge in [-0.1, -0.05) is 12.1 Å². The normalized spacial score (nSPS) is 20.2. The molecule has 2 fully saturated rings. The second kappa shape index (κ2) is 8.19. The SMILES string of the molecule is COCCC(=O)N1CCC2(CCN(Cc3cccc(OC)c3)C2)CC1. The summed E-state index contributed by atoms with van der Waals surface area (Å²) >= 11 is 0. The lowest BCUT2D eigenvalue weighted by molar-refractivity contribution is -0.134. The molecule has 0 N–H and O–H groups in total. The molecule has 3 rings (SSSR count). The largest absolute Gasteiger partial charge is 0.497 e. The smallest absolute Gasteiger partial charge is 0.224 e. The highest BCUT2D eigenvalue weighted by Crippen LogP contribution is 2.41. The van der Waals surface area contributed by atoms with E-state index in [2.05, 4.69) is 23.1 Å². The van der Waals surface area contributed by atoms with Gasteiger partial charge >= 0.3 is 0 Å². The first-order valence-electron chi connectivity index (χ1n) is 9.26. The van der Waals surface area contributed by atoms with Gasteiger partial charge in [-0.2, -0.15) is 0 Å². The number of nitrogens with zero attached hydrogens (tertiary/aromatic N) is 2. The van der Waals surface area contributed by atoms with Gasteiger partial charge in [-0.3, -0.25) is 9.69 Å². The van der Waals surface area contributed by atoms with Gasteiger partial charge < -0.3 is 14.4 Å². The maximum absolute atomic E-state index is 12.1. The summed E-state index contributed by atoms with van der Waals surface area (Å²) in [6.07, 6.45) is 4.00. The van der Waals surface area contributed by atoms with Crippen molar-refractivity contribution in [2.45, 2.75) is 32.2 Å². The Morgan fingerprint density at radius 2 is 1.92 bits per heavy atom. The fourth-order valence-electron chi connectivity index (χ4n) is 4.18. The Kier molecular flexibility index (Phi) is 5.97. The van der Waals surface area contributed by atoms with Crippen LogP contribution in [0.2, 0.25) is 0 Å². The third kappa shape index (κ3) is 4.53. The van der Waals surface area contributed by atoms with E-state index in [1.54, 1.807) is 14.2 Å². The van der Waals surface area contributed by atoms with Crippen LogP contribution in [0.4, 0.5) is 0 Å². The Morgan fingerprint density at radius 3 is 2.64 bits per heavy atom. The molecule has 2 heterocycles. The van der Waals surface area contributed by atoms with E-state index in [0.29, 0.717) is 18.4 Å². The molecule has 0 aromatic heterocycles. The summed E-state index contributed by atoms with van der Waals surface area (Å²) in [5.41, 5.74) is 1.71. The van der Waals surface area contributed by atoms with Crippen LogP contribution in [-0.2, 0) is 16.1 Å². The molecular weight excluding hydrogens is 316 g/mol. The van der Waals surface area contributed by atoms with E-state index in [-0.39, 0.29) is 5.91 Å². The van der Waals surface area contributed by atoms with E-state index in [9.17, 15) is 4.79 Å². The Hall–Kier alpha value is -1.59. The lowest BCUT2D eigenvalue weighted by Crippen LogP contribution is -2.44. The van der Waals surface area contributed by atoms with E-state index in [1.165, 1.54) is 12.0 Å². The van der Waals surface area contributed by atoms with Crippen molar-refractivity contribution in [2.24, 2.45) is 5.41 Å². The van der Waals surface area contributed by atoms with Crippen LogP contribution in [0.5, 0.6) is 5.75 Å². The zero-order valence-corrected chi connectivity index (χ0v) is 15.5. The summed E-state index contributed by atoms with van der Waals surface area (Å²) in [4.78, 5) is 16.7. The zero-order valence-electron chi connectivity index (χ0n) is 15.5. The summed E-state index contributed by atoms with van der Waals surface area (Å²) < 4.78 is 10.3. The van der Waals surface area contributed by atoms with Crippen LogP contribution in [0.25, 0.3) is 0 Å². The fraction of sp³-hybridized carbons (Fsp3) is 0.650. The number of amides is 1. The Balaban J connectivity index is 1.50. The van der Waals surface area contributed by atoms with Crippen molar-refractivity contribution in [3.05, 3.63) is 29.8 Å². The third-order valence-corrected chi connectivity index (χ3v) is 5.75. The van der Waals surface area contributed by atoms with E-state index < -0.39 is 0 Å². The molecule has 1 spiro atoms. The monoisotopic (exact) mass is 346 g/mol. The van der Waals surface area contributed by atoms with Gasteiger partial charge in [-0.15, -0.1) is 0 Å². The van der Waals surface area contributed by atoms with Crippen molar-refractivity contribution < 1.29 is 14.3 Å². The molecule has 2 aliphatic heterocycles. The lowest BCUT2D eigenvalue weighted by Gasteiger charge is -2.39. The Labute approximate surface area is 150 Å². The molecule has 0 saturated carbocycles. The van der Waals surface area contributed by atoms with E-state index in [4.69, 9.17) is 9.47 Å². The molecule has 5 nitrogen and oxygen atoms in total. The molecule has 0 unspecified atom stereocenters. The zero-order chi connectivity index (χ0) is 17.7. The van der Waals surface area contributed by atoms with Crippen LogP contribution in [-0.4, -0.2) is 62.7 Å². The van der Waals surface area contributed by atoms with Gasteiger partial charge in [0.1, 0.15) is 5.75 Å². The number of likely N-dealkylation sites (tertiary alicyclic amines) is 2. The number of benzene rings is 1. The van der Waals surface area contributed by atoms with Crippen LogP contribution in [0, 0.1) is 5.41 Å². The molecule has 5 heteroatoms. The van der Waals surface area contributed by atoms with Crippen LogP contribution in [0.1, 0.15) is 31.2 Å². The van der Waals surface area contributed by atoms with Crippen molar-refractivity contribution in [1.82, 2.24) is 9.80 Å². The minimum atomic E-state index is 0.239. The molecule has 0 atom stereocenters. The van der Waals surface area contributed by atoms with Crippen molar-refractivity contribution in [2.75, 3.05) is 47.0 Å². The number of carbonyl (C=O) groups excluding carboxylic acids is 1. The van der Waals surface area contributed by atoms with Crippen molar-refractivity contribution in [3.63, 3.8) is 0 Å². The average molecular weight is 346 g/mol. The molecule has 0 aliphatic carbocycles. The van der Waals surface area contributed by atoms with Crippen LogP contribution < -0.4 is 4.74 Å². The van der Waals surface area contributed by atoms with E-state index >= 15 is 0 Å². The van der Waals surface area contributed by atoms with Gasteiger partial charge in [0, 0.05) is 33.3 Å². The second-order valence-electron chi connectivity index (χ2n) is 7.44. The first-order valence-corrected chi connectivity index (χ1v) is 9.26. The first-order chi connectivity index (χ1) is 12.1. The quantitative estimate of drug-likeness (QED) is 0.794. The van der Waals surface area contributed by atoms with Crippen molar-refractivity contribution >= 4 is 5.91 Å². The minimum Gasteiger partial charge on any atom is -0.497 e. The van der Waals surface area contributed by atoms with E-state index in [0.717, 1.165) is 51.3 Å². The standard InChI is InChI=1S/C20H30N2O3/c1-24-13-6-19(23)22-11-8-20(9-12-22)7-10-21(16-20)15-17-4-3-5-18(14-17)25-2/h3-5,14H,6-13,15-16H2,1-2H3. The highest BCUT2D eigenvalue weighted by atomic mass is 16.5. The number of methoxy groups -OCH3 is 2. The van der Waals surface area contributed by atoms with Gasteiger partial charge in [0.25, 0.3) is 0 Å². The van der Waals surface area contributed by atoms with Gasteiger partial charge in [0.05, 0.1) is 20.1 Å². The molecule has 1 amide bonds. The predicted octanol–water partition coefficient (Wildman–Crippen LogP) is 2.55. The third-order valence-electron chi connectivity index (χ3n) is 5.75. The topological polar surface area (TPSA) is 42.0 Å². The van der Waals surface area contributed by atoms with Crippen LogP contribution >= 0.6 is 0 Å². The maximum Gasteiger partial charge on any atom is 0.224 e. The number of rotatable bonds is 6. The van der Waals surface area contributed by atoms with E-state index in [1.807, 2.05) is 11.0 Å². The van der Waals surface area contributed by atoms with Gasteiger partial charge in [-0.05, 0) is 48.9 Å². The van der Waals surface area contributed by atoms with Crippen molar-refractivity contribution in [3.8, 4) is 5.75 Å². The summed E-state index contributed by atoms with van der Waals surface area (Å²) in [6.45, 7) is 5.59. The predicted molar refractivity (Wildman–Crippen MR) is 97.6 cm³/mol. The molecule has 1 aromatic carbocycles. The fourth-order valence-corrected chi connectivity index (χ4v) is 4.18. The van der Waals surface area contributed by atoms with Gasteiger partial charge in [0.2, 0.25) is 5.91 Å². The van der Waals surface area contributed by atoms with Gasteiger partial charge in [0.15, 0.2) is 0 Å². The Morgan fingerprint density at radius 1 is 1.16 bits per heavy atom. The minimum absolute atomic E-state index is 0.239. The number of ether oxygens (including phenoxy) is 2. The van der Waals surface area contributed by atoms with Crippen LogP contribution in [0.15, 0.2) is 24.3 Å². The number of carbonyl (C=O) groups is 1. The number of piperidine rings is 1. The lowest BCUT2D eigenvalue weighted by atomic mass is 9.77. The highest BCUT2D eigenvalue weighted by molar-refractivity contribution is 5.76. The second-order valence-corrected chi connectivity index (χ2v) is 7.44. The molecule has 2 aliphatic rings. The summed E-state index contributed by atoms with van der Waals surface area (Å²) in [5.74, 6) is 1.16. The number of hydrogen-bond donors (Lipinski definition) is 0. The molecular formula is C20H30N2O3. The molecule has 0 bridgehead atoms. The summed E-state index contributed by atoms with van der Waals surface area (Å²) in [6, 6.07) is 8.35. The van der Waals surface area contributed by atoms with Crippen molar-refractivity contribution in [1.29, 1.82) is 0 Å². The first kappa shape index (κ1) is 18.2. The summed E-state index contributed by atoms with van der Waals surface area (Å²) in [7, 11) is 3.36. The Bertz CT molecular complexity index is 582. The molecule has 2 saturated heterocycles. The number of hydrogen-bond acceptors (Lipinski definition) is 4.